The smallest absolute Gasteiger partial charge is 0.107 e. The van der Waals surface area contributed by atoms with E-state index in [4.69, 9.17) is 11.6 Å². The van der Waals surface area contributed by atoms with Crippen molar-refractivity contribution in [3.8, 4) is 0 Å². The average molecular weight is 209 g/mol. The lowest BCUT2D eigenvalue weighted by atomic mass is 10.2. The quantitative estimate of drug-likeness (QED) is 0.607. The Morgan fingerprint density at radius 2 is 2.07 bits per heavy atom. The molecule has 0 aliphatic heterocycles. The van der Waals surface area contributed by atoms with Crippen molar-refractivity contribution < 1.29 is 0 Å². The number of nitrogens with zero attached hydrogens (tertiary/aromatic N) is 1. The molecule has 2 rings (SSSR count). The number of aromatic amines is 1. The molecule has 0 spiro atoms. The summed E-state index contributed by atoms with van der Waals surface area (Å²) in [5, 5.41) is 0. The summed E-state index contributed by atoms with van der Waals surface area (Å²) < 4.78 is 0. The molecule has 2 aromatic rings. The minimum Gasteiger partial charge on any atom is -0.342 e. The first-order chi connectivity index (χ1) is 6.90. The van der Waals surface area contributed by atoms with Crippen LogP contribution in [0.15, 0.2) is 24.3 Å². The van der Waals surface area contributed by atoms with E-state index in [0.717, 1.165) is 42.0 Å². The van der Waals surface area contributed by atoms with Gasteiger partial charge in [-0.15, -0.1) is 11.6 Å². The zero-order valence-electron chi connectivity index (χ0n) is 7.96. The molecule has 3 heteroatoms. The van der Waals surface area contributed by atoms with Gasteiger partial charge >= 0.3 is 0 Å². The van der Waals surface area contributed by atoms with E-state index >= 15 is 0 Å². The van der Waals surface area contributed by atoms with Crippen LogP contribution in [0.1, 0.15) is 18.7 Å². The average Bonchev–Trinajstić information content (AvgIpc) is 2.60. The van der Waals surface area contributed by atoms with E-state index in [-0.39, 0.29) is 0 Å². The van der Waals surface area contributed by atoms with Gasteiger partial charge in [0.05, 0.1) is 11.0 Å². The normalized spacial score (nSPS) is 10.9. The number of H-pyrrole nitrogens is 1. The fourth-order valence-corrected chi connectivity index (χ4v) is 1.70. The molecule has 0 unspecified atom stereocenters. The van der Waals surface area contributed by atoms with Crippen LogP contribution in [-0.2, 0) is 6.42 Å². The highest BCUT2D eigenvalue weighted by Crippen LogP contribution is 2.11. The summed E-state index contributed by atoms with van der Waals surface area (Å²) in [5.74, 6) is 1.80. The van der Waals surface area contributed by atoms with E-state index in [1.165, 1.54) is 0 Å². The van der Waals surface area contributed by atoms with Crippen molar-refractivity contribution in [2.45, 2.75) is 19.3 Å². The molecule has 0 amide bonds. The topological polar surface area (TPSA) is 28.7 Å². The number of unbranched alkanes of at least 4 members (excludes halogenated alkanes) is 1. The highest BCUT2D eigenvalue weighted by atomic mass is 35.5. The van der Waals surface area contributed by atoms with Crippen molar-refractivity contribution in [3.63, 3.8) is 0 Å². The number of aryl methyl sites for hydroxylation is 1. The first-order valence-electron chi connectivity index (χ1n) is 4.90. The van der Waals surface area contributed by atoms with Gasteiger partial charge in [-0.2, -0.15) is 0 Å². The minimum absolute atomic E-state index is 0.736. The number of para-hydroxylation sites is 2. The molecule has 1 aromatic heterocycles. The maximum atomic E-state index is 5.62. The standard InChI is InChI=1S/C11H13ClN2/c12-8-4-3-7-11-13-9-5-1-2-6-10(9)14-11/h1-2,5-6H,3-4,7-8H2,(H,13,14). The fourth-order valence-electron chi connectivity index (χ4n) is 1.51. The molecule has 0 aliphatic carbocycles. The summed E-state index contributed by atoms with van der Waals surface area (Å²) >= 11 is 5.62. The second kappa shape index (κ2) is 4.47. The monoisotopic (exact) mass is 208 g/mol. The summed E-state index contributed by atoms with van der Waals surface area (Å²) in [6, 6.07) is 8.10. The molecule has 0 bridgehead atoms. The van der Waals surface area contributed by atoms with E-state index in [1.54, 1.807) is 0 Å². The summed E-state index contributed by atoms with van der Waals surface area (Å²) in [4.78, 5) is 7.79. The Kier molecular flexibility index (Phi) is 3.04. The van der Waals surface area contributed by atoms with Gasteiger partial charge in [0.25, 0.3) is 0 Å². The molecular weight excluding hydrogens is 196 g/mol. The summed E-state index contributed by atoms with van der Waals surface area (Å²) in [7, 11) is 0. The molecule has 74 valence electrons. The molecule has 0 atom stereocenters. The number of hydrogen-bond acceptors (Lipinski definition) is 1. The Morgan fingerprint density at radius 1 is 1.21 bits per heavy atom. The number of fused-ring (bicyclic) bond motifs is 1. The molecule has 14 heavy (non-hydrogen) atoms. The number of nitrogens with one attached hydrogen (secondary N) is 1. The van der Waals surface area contributed by atoms with E-state index in [2.05, 4.69) is 9.97 Å². The Bertz CT molecular complexity index is 375. The van der Waals surface area contributed by atoms with Crippen molar-refractivity contribution >= 4 is 22.6 Å². The van der Waals surface area contributed by atoms with Crippen LogP contribution in [0.2, 0.25) is 0 Å². The molecule has 0 saturated heterocycles. The van der Waals surface area contributed by atoms with Gasteiger partial charge in [0.15, 0.2) is 0 Å². The molecule has 0 aliphatic rings. The zero-order valence-corrected chi connectivity index (χ0v) is 8.72. The van der Waals surface area contributed by atoms with E-state index in [1.807, 2.05) is 24.3 Å². The number of aromatic nitrogens is 2. The third-order valence-electron chi connectivity index (χ3n) is 2.24. The lowest BCUT2D eigenvalue weighted by molar-refractivity contribution is 0.769. The van der Waals surface area contributed by atoms with Crippen molar-refractivity contribution in [1.29, 1.82) is 0 Å². The SMILES string of the molecule is ClCCCCc1nc2ccccc2[nH]1. The van der Waals surface area contributed by atoms with Crippen LogP contribution in [0.25, 0.3) is 11.0 Å². The molecular formula is C11H13ClN2. The second-order valence-corrected chi connectivity index (χ2v) is 3.72. The number of rotatable bonds is 4. The van der Waals surface area contributed by atoms with Gasteiger partial charge < -0.3 is 4.98 Å². The Labute approximate surface area is 88.3 Å². The lowest BCUT2D eigenvalue weighted by Gasteiger charge is -1.92. The third kappa shape index (κ3) is 2.07. The molecule has 0 saturated carbocycles. The number of alkyl halides is 1. The molecule has 1 aromatic carbocycles. The molecule has 1 heterocycles. The van der Waals surface area contributed by atoms with Gasteiger partial charge in [0, 0.05) is 12.3 Å². The van der Waals surface area contributed by atoms with Gasteiger partial charge in [0.2, 0.25) is 0 Å². The molecule has 0 radical (unpaired) electrons. The Morgan fingerprint density at radius 3 is 2.86 bits per heavy atom. The van der Waals surface area contributed by atoms with Crippen molar-refractivity contribution in [2.75, 3.05) is 5.88 Å². The van der Waals surface area contributed by atoms with Crippen molar-refractivity contribution in [3.05, 3.63) is 30.1 Å². The fraction of sp³-hybridized carbons (Fsp3) is 0.364. The van der Waals surface area contributed by atoms with Gasteiger partial charge in [-0.25, -0.2) is 4.98 Å². The number of imidazole rings is 1. The number of hydrogen-bond donors (Lipinski definition) is 1. The van der Waals surface area contributed by atoms with Crippen molar-refractivity contribution in [1.82, 2.24) is 9.97 Å². The minimum atomic E-state index is 0.736. The number of benzene rings is 1. The van der Waals surface area contributed by atoms with Crippen LogP contribution >= 0.6 is 11.6 Å². The predicted octanol–water partition coefficient (Wildman–Crippen LogP) is 3.12. The van der Waals surface area contributed by atoms with Crippen LogP contribution in [0, 0.1) is 0 Å². The summed E-state index contributed by atoms with van der Waals surface area (Å²) in [6.07, 6.45) is 3.14. The van der Waals surface area contributed by atoms with Gasteiger partial charge in [-0.05, 0) is 25.0 Å². The maximum absolute atomic E-state index is 5.62. The third-order valence-corrected chi connectivity index (χ3v) is 2.50. The molecule has 1 N–H and O–H groups in total. The van der Waals surface area contributed by atoms with Crippen LogP contribution in [0.3, 0.4) is 0 Å². The summed E-state index contributed by atoms with van der Waals surface area (Å²) in [6.45, 7) is 0. The first kappa shape index (κ1) is 9.53. The van der Waals surface area contributed by atoms with E-state index in [0.29, 0.717) is 0 Å². The molecule has 2 nitrogen and oxygen atoms in total. The Balaban J connectivity index is 2.11. The predicted molar refractivity (Wildman–Crippen MR) is 59.8 cm³/mol. The van der Waals surface area contributed by atoms with Crippen LogP contribution in [-0.4, -0.2) is 15.8 Å². The van der Waals surface area contributed by atoms with E-state index in [9.17, 15) is 0 Å². The second-order valence-electron chi connectivity index (χ2n) is 3.35. The first-order valence-corrected chi connectivity index (χ1v) is 5.43. The van der Waals surface area contributed by atoms with Gasteiger partial charge in [0.1, 0.15) is 5.82 Å². The Hall–Kier alpha value is -1.02. The van der Waals surface area contributed by atoms with Gasteiger partial charge in [-0.3, -0.25) is 0 Å². The van der Waals surface area contributed by atoms with Crippen LogP contribution < -0.4 is 0 Å². The van der Waals surface area contributed by atoms with Crippen molar-refractivity contribution in [2.24, 2.45) is 0 Å². The van der Waals surface area contributed by atoms with Crippen LogP contribution in [0.5, 0.6) is 0 Å². The lowest BCUT2D eigenvalue weighted by Crippen LogP contribution is -1.88. The maximum Gasteiger partial charge on any atom is 0.107 e. The summed E-state index contributed by atoms with van der Waals surface area (Å²) in [5.41, 5.74) is 2.17. The zero-order chi connectivity index (χ0) is 9.80. The number of halogens is 1. The van der Waals surface area contributed by atoms with E-state index < -0.39 is 0 Å². The van der Waals surface area contributed by atoms with Gasteiger partial charge in [-0.1, -0.05) is 12.1 Å². The van der Waals surface area contributed by atoms with Crippen LogP contribution in [0.4, 0.5) is 0 Å². The largest absolute Gasteiger partial charge is 0.342 e. The molecule has 0 fully saturated rings. The highest BCUT2D eigenvalue weighted by molar-refractivity contribution is 6.17. The highest BCUT2D eigenvalue weighted by Gasteiger charge is 2.00.